The second-order valence-corrected chi connectivity index (χ2v) is 25.4. The lowest BCUT2D eigenvalue weighted by molar-refractivity contribution is -0.154. The smallest absolute Gasteiger partial charge is 0.245 e. The number of carbonyl (C=O) groups excluding carboxylic acids is 11. The van der Waals surface area contributed by atoms with Gasteiger partial charge in [0.15, 0.2) is 0 Å². The van der Waals surface area contributed by atoms with E-state index >= 15 is 0 Å². The number of rotatable bonds is 15. The van der Waals surface area contributed by atoms with Crippen molar-refractivity contribution in [3.05, 3.63) is 12.2 Å². The number of likely N-dealkylation sites (N-methyl/N-ethyl adjacent to an activating group) is 6. The molecule has 13 atom stereocenters. The lowest BCUT2D eigenvalue weighted by Gasteiger charge is -2.40. The fourth-order valence-corrected chi connectivity index (χ4v) is 10.5. The van der Waals surface area contributed by atoms with Crippen LogP contribution in [0, 0.1) is 41.4 Å². The van der Waals surface area contributed by atoms with Crippen LogP contribution >= 0.6 is 0 Å². The molecule has 1 saturated heterocycles. The predicted molar refractivity (Wildman–Crippen MR) is 324 cm³/mol. The zero-order valence-corrected chi connectivity index (χ0v) is 55.1. The highest BCUT2D eigenvalue weighted by atomic mass is 16.3. The summed E-state index contributed by atoms with van der Waals surface area (Å²) in [5.74, 6) is -10.2. The van der Waals surface area contributed by atoms with Crippen molar-refractivity contribution in [2.75, 3.05) is 48.8 Å². The van der Waals surface area contributed by atoms with E-state index in [0.717, 1.165) is 4.90 Å². The Balaban J connectivity index is 4.27. The molecule has 0 aromatic carbocycles. The molecule has 0 saturated carbocycles. The third-order valence-electron chi connectivity index (χ3n) is 16.1. The third-order valence-corrected chi connectivity index (χ3v) is 16.1. The molecule has 11 amide bonds. The Morgan fingerprint density at radius 3 is 1.40 bits per heavy atom. The number of aliphatic hydroxyl groups excluding tert-OH is 1. The van der Waals surface area contributed by atoms with Crippen LogP contribution in [0.15, 0.2) is 12.2 Å². The van der Waals surface area contributed by atoms with Crippen LogP contribution in [0.1, 0.15) is 156 Å². The minimum atomic E-state index is -1.66. The zero-order chi connectivity index (χ0) is 65.1. The Morgan fingerprint density at radius 2 is 0.940 bits per heavy atom. The first-order chi connectivity index (χ1) is 38.8. The molecule has 1 aliphatic rings. The molecule has 1 heterocycles. The zero-order valence-electron chi connectivity index (χ0n) is 55.1. The van der Waals surface area contributed by atoms with Crippen molar-refractivity contribution in [1.29, 1.82) is 0 Å². The van der Waals surface area contributed by atoms with E-state index in [4.69, 9.17) is 0 Å². The first-order valence-corrected chi connectivity index (χ1v) is 30.2. The van der Waals surface area contributed by atoms with Gasteiger partial charge in [-0.3, -0.25) is 52.7 Å². The van der Waals surface area contributed by atoms with E-state index in [0.29, 0.717) is 12.8 Å². The van der Waals surface area contributed by atoms with Crippen LogP contribution in [0.4, 0.5) is 0 Å². The molecule has 1 fully saturated rings. The largest absolute Gasteiger partial charge is 0.390 e. The standard InChI is InChI=1S/C61H109N11O12/c1-24-27-28-39(15)51(74)48-54(77)64-42(26-3)58(81)67(18)32-46(73)71(22)50(38(14)25-2)56(79)65-47(36(10)11)61(84)68(19)43(29-33(4)5)53(76)62-40(16)52(75)63-41(17)57(80)69(20)44(30-34(6)7)59(82)70(21)45(31-35(8)9)60(83)72(23)49(37(12)13)55(78)66-48/h24,27,33-45,47-51,74H,25-26,28-32H2,1-23H3,(H,62,76)(H,63,75)(H,64,77)(H,65,79)(H,66,78)/b27-24+/t38-,39+,40-,41+,42-,43-,44-,45-,47-,48-,49-,50-,51+/m0/s1. The molecule has 23 heteroatoms. The van der Waals surface area contributed by atoms with Crippen LogP contribution < -0.4 is 26.6 Å². The van der Waals surface area contributed by atoms with Gasteiger partial charge in [0.2, 0.25) is 65.0 Å². The summed E-state index contributed by atoms with van der Waals surface area (Å²) < 4.78 is 0. The molecule has 0 radical (unpaired) electrons. The van der Waals surface area contributed by atoms with Gasteiger partial charge in [-0.05, 0) is 94.3 Å². The number of hydrogen-bond donors (Lipinski definition) is 6. The predicted octanol–water partition coefficient (Wildman–Crippen LogP) is 2.93. The first-order valence-electron chi connectivity index (χ1n) is 30.2. The molecule has 1 rings (SSSR count). The van der Waals surface area contributed by atoms with Gasteiger partial charge >= 0.3 is 0 Å². The summed E-state index contributed by atoms with van der Waals surface area (Å²) in [4.78, 5) is 167. The van der Waals surface area contributed by atoms with Crippen molar-refractivity contribution in [2.45, 2.75) is 223 Å². The number of hydrogen-bond acceptors (Lipinski definition) is 12. The Morgan fingerprint density at radius 1 is 0.488 bits per heavy atom. The van der Waals surface area contributed by atoms with Gasteiger partial charge in [0, 0.05) is 42.3 Å². The van der Waals surface area contributed by atoms with Gasteiger partial charge in [0.05, 0.1) is 12.6 Å². The summed E-state index contributed by atoms with van der Waals surface area (Å²) in [6, 6.07) is -12.4. The number of aliphatic hydroxyl groups is 1. The van der Waals surface area contributed by atoms with Crippen LogP contribution in [0.5, 0.6) is 0 Å². The van der Waals surface area contributed by atoms with E-state index in [1.165, 1.54) is 80.6 Å². The molecule has 0 unspecified atom stereocenters. The summed E-state index contributed by atoms with van der Waals surface area (Å²) in [7, 11) is 8.53. The average molecular weight is 1190 g/mol. The summed E-state index contributed by atoms with van der Waals surface area (Å²) in [6.07, 6.45) is 3.26. The monoisotopic (exact) mass is 1190 g/mol. The molecule has 23 nitrogen and oxygen atoms in total. The van der Waals surface area contributed by atoms with E-state index in [9.17, 15) is 57.8 Å². The third kappa shape index (κ3) is 21.1. The van der Waals surface area contributed by atoms with Gasteiger partial charge in [0.25, 0.3) is 0 Å². The Hall–Kier alpha value is -6.13. The van der Waals surface area contributed by atoms with Gasteiger partial charge in [-0.15, -0.1) is 0 Å². The minimum Gasteiger partial charge on any atom is -0.390 e. The molecular weight excluding hydrogens is 1080 g/mol. The van der Waals surface area contributed by atoms with Crippen molar-refractivity contribution >= 4 is 65.0 Å². The number of nitrogens with zero attached hydrogens (tertiary/aromatic N) is 6. The quantitative estimate of drug-likeness (QED) is 0.129. The fraction of sp³-hybridized carbons (Fsp3) is 0.787. The molecule has 1 aliphatic heterocycles. The molecule has 0 aliphatic carbocycles. The Bertz CT molecular complexity index is 2290. The lowest BCUT2D eigenvalue weighted by atomic mass is 9.92. The molecule has 0 bridgehead atoms. The molecule has 480 valence electrons. The van der Waals surface area contributed by atoms with Crippen molar-refractivity contribution < 1.29 is 57.8 Å². The SMILES string of the molecule is C/C=C/C[C@@H](C)[C@@H](O)[C@@H]1NC(=O)[C@H](C(C)C)N(C)C(=O)[C@H](CC(C)C)N(C)C(=O)[C@H](CC(C)C)N(C)C(=O)[C@@H](C)NC(=O)[C@H](C)NC(=O)[C@H](CC(C)C)N(C)C(=O)[C@H](C(C)C)NC(=O)[C@H]([C@@H](C)CC)N(C)C(=O)CN(C)C(=O)[C@H](CC)NC1=O. The van der Waals surface area contributed by atoms with Crippen LogP contribution in [0.25, 0.3) is 0 Å². The van der Waals surface area contributed by atoms with E-state index in [2.05, 4.69) is 26.6 Å². The normalized spacial score (nSPS) is 27.3. The minimum absolute atomic E-state index is 0.0187. The average Bonchev–Trinajstić information content (AvgIpc) is 3.54. The van der Waals surface area contributed by atoms with Crippen molar-refractivity contribution in [2.24, 2.45) is 41.4 Å². The maximum absolute atomic E-state index is 15.0. The summed E-state index contributed by atoms with van der Waals surface area (Å²) >= 11 is 0. The number of nitrogens with one attached hydrogen (secondary N) is 5. The van der Waals surface area contributed by atoms with Crippen LogP contribution in [0.2, 0.25) is 0 Å². The Kier molecular flexibility index (Phi) is 31.4. The van der Waals surface area contributed by atoms with E-state index in [1.54, 1.807) is 67.5 Å². The lowest BCUT2D eigenvalue weighted by Crippen LogP contribution is -2.63. The molecule has 0 aromatic rings. The molecule has 0 spiro atoms. The van der Waals surface area contributed by atoms with Crippen LogP contribution in [-0.4, -0.2) is 215 Å². The van der Waals surface area contributed by atoms with Crippen molar-refractivity contribution in [1.82, 2.24) is 56.0 Å². The summed E-state index contributed by atoms with van der Waals surface area (Å²) in [5.41, 5.74) is 0. The second kappa shape index (κ2) is 34.7. The number of amides is 11. The van der Waals surface area contributed by atoms with E-state index in [-0.39, 0.29) is 43.4 Å². The maximum Gasteiger partial charge on any atom is 0.245 e. The maximum atomic E-state index is 15.0. The highest BCUT2D eigenvalue weighted by Gasteiger charge is 2.44. The first kappa shape index (κ1) is 75.9. The van der Waals surface area contributed by atoms with Crippen molar-refractivity contribution in [3.8, 4) is 0 Å². The number of allylic oxidation sites excluding steroid dienone is 2. The van der Waals surface area contributed by atoms with Gasteiger partial charge in [-0.1, -0.05) is 116 Å². The molecular formula is C61H109N11O12. The van der Waals surface area contributed by atoms with Crippen LogP contribution in [0.3, 0.4) is 0 Å². The van der Waals surface area contributed by atoms with Crippen molar-refractivity contribution in [3.63, 3.8) is 0 Å². The highest BCUT2D eigenvalue weighted by molar-refractivity contribution is 5.99. The molecule has 84 heavy (non-hydrogen) atoms. The second-order valence-electron chi connectivity index (χ2n) is 25.4. The highest BCUT2D eigenvalue weighted by Crippen LogP contribution is 2.24. The van der Waals surface area contributed by atoms with E-state index < -0.39 is 162 Å². The topological polar surface area (TPSA) is 288 Å². The van der Waals surface area contributed by atoms with E-state index in [1.807, 2.05) is 48.5 Å². The fourth-order valence-electron chi connectivity index (χ4n) is 10.5. The van der Waals surface area contributed by atoms with Gasteiger partial charge < -0.3 is 61.1 Å². The summed E-state index contributed by atoms with van der Waals surface area (Å²) in [6.45, 7) is 29.1. The Labute approximate surface area is 502 Å². The molecule has 6 N–H and O–H groups in total. The van der Waals surface area contributed by atoms with Crippen LogP contribution in [-0.2, 0) is 52.7 Å². The molecule has 0 aromatic heterocycles. The summed E-state index contributed by atoms with van der Waals surface area (Å²) in [5, 5.41) is 25.5. The van der Waals surface area contributed by atoms with Gasteiger partial charge in [-0.2, -0.15) is 0 Å². The van der Waals surface area contributed by atoms with Gasteiger partial charge in [0.1, 0.15) is 60.4 Å². The van der Waals surface area contributed by atoms with Gasteiger partial charge in [-0.25, -0.2) is 0 Å². The number of carbonyl (C=O) groups is 11.